The molecule has 2 heterocycles. The summed E-state index contributed by atoms with van der Waals surface area (Å²) in [4.78, 5) is 5.36. The fraction of sp³-hybridized carbons (Fsp3) is 1.00. The normalized spacial score (nSPS) is 25.9. The van der Waals surface area contributed by atoms with E-state index in [1.54, 1.807) is 0 Å². The number of hydrogen-bond acceptors (Lipinski definition) is 4. The maximum absolute atomic E-state index is 9.15. The van der Waals surface area contributed by atoms with Crippen LogP contribution in [0.3, 0.4) is 0 Å². The van der Waals surface area contributed by atoms with Crippen LogP contribution < -0.4 is 5.73 Å². The van der Waals surface area contributed by atoms with Gasteiger partial charge in [0.05, 0.1) is 6.61 Å². The molecule has 2 aliphatic heterocycles. The molecule has 2 fully saturated rings. The van der Waals surface area contributed by atoms with Crippen LogP contribution in [0.2, 0.25) is 0 Å². The van der Waals surface area contributed by atoms with Crippen LogP contribution in [0.25, 0.3) is 0 Å². The van der Waals surface area contributed by atoms with E-state index in [0.29, 0.717) is 0 Å². The SMILES string of the molecule is CC(N)(CO)CCCCN1CCC(N2CCCCC2)CC1. The molecule has 0 amide bonds. The van der Waals surface area contributed by atoms with Crippen molar-refractivity contribution in [3.05, 3.63) is 0 Å². The van der Waals surface area contributed by atoms with Crippen molar-refractivity contribution >= 4 is 0 Å². The molecule has 0 aromatic heterocycles. The second kappa shape index (κ2) is 8.47. The van der Waals surface area contributed by atoms with Crippen LogP contribution in [0.1, 0.15) is 58.3 Å². The van der Waals surface area contributed by atoms with Crippen molar-refractivity contribution in [1.29, 1.82) is 0 Å². The number of hydrogen-bond donors (Lipinski definition) is 2. The molecule has 4 nitrogen and oxygen atoms in total. The number of piperidine rings is 2. The number of unbranched alkanes of at least 4 members (excludes halogenated alkanes) is 1. The summed E-state index contributed by atoms with van der Waals surface area (Å²) in [6.07, 6.45) is 10.2. The second-order valence-corrected chi connectivity index (χ2v) is 7.44. The maximum Gasteiger partial charge on any atom is 0.0608 e. The fourth-order valence-corrected chi connectivity index (χ4v) is 3.73. The number of nitrogens with two attached hydrogens (primary N) is 1. The molecule has 2 aliphatic rings. The van der Waals surface area contributed by atoms with Gasteiger partial charge in [0.2, 0.25) is 0 Å². The van der Waals surface area contributed by atoms with E-state index in [1.807, 2.05) is 6.92 Å². The topological polar surface area (TPSA) is 52.7 Å². The van der Waals surface area contributed by atoms with Gasteiger partial charge in [0, 0.05) is 11.6 Å². The molecular weight excluding hydrogens is 262 g/mol. The average Bonchev–Trinajstić information content (AvgIpc) is 2.53. The van der Waals surface area contributed by atoms with Gasteiger partial charge in [-0.05, 0) is 78.2 Å². The molecule has 0 saturated carbocycles. The number of aliphatic hydroxyl groups is 1. The first-order valence-electron chi connectivity index (χ1n) is 8.97. The van der Waals surface area contributed by atoms with Gasteiger partial charge in [-0.1, -0.05) is 12.8 Å². The lowest BCUT2D eigenvalue weighted by atomic mass is 9.96. The zero-order valence-electron chi connectivity index (χ0n) is 13.9. The highest BCUT2D eigenvalue weighted by Crippen LogP contribution is 2.21. The molecular formula is C17H35N3O. The first-order valence-corrected chi connectivity index (χ1v) is 8.97. The quantitative estimate of drug-likeness (QED) is 0.704. The first kappa shape index (κ1) is 17.2. The predicted molar refractivity (Wildman–Crippen MR) is 88.4 cm³/mol. The molecule has 0 radical (unpaired) electrons. The summed E-state index contributed by atoms with van der Waals surface area (Å²) in [6.45, 7) is 8.43. The van der Waals surface area contributed by atoms with Gasteiger partial charge in [-0.2, -0.15) is 0 Å². The van der Waals surface area contributed by atoms with Crippen LogP contribution in [0.4, 0.5) is 0 Å². The Morgan fingerprint density at radius 2 is 1.71 bits per heavy atom. The molecule has 3 N–H and O–H groups in total. The van der Waals surface area contributed by atoms with Crippen LogP contribution >= 0.6 is 0 Å². The third-order valence-electron chi connectivity index (χ3n) is 5.30. The predicted octanol–water partition coefficient (Wildman–Crippen LogP) is 1.82. The van der Waals surface area contributed by atoms with Crippen molar-refractivity contribution < 1.29 is 5.11 Å². The summed E-state index contributed by atoms with van der Waals surface area (Å²) in [7, 11) is 0. The van der Waals surface area contributed by atoms with E-state index < -0.39 is 0 Å². The Bertz CT molecular complexity index is 282. The summed E-state index contributed by atoms with van der Waals surface area (Å²) in [5, 5.41) is 9.15. The molecule has 2 saturated heterocycles. The minimum atomic E-state index is -0.388. The summed E-state index contributed by atoms with van der Waals surface area (Å²) in [5.41, 5.74) is 5.58. The monoisotopic (exact) mass is 297 g/mol. The number of likely N-dealkylation sites (tertiary alicyclic amines) is 2. The molecule has 1 atom stereocenters. The number of nitrogens with zero attached hydrogens (tertiary/aromatic N) is 2. The molecule has 0 aromatic rings. The highest BCUT2D eigenvalue weighted by atomic mass is 16.3. The van der Waals surface area contributed by atoms with E-state index in [0.717, 1.165) is 18.9 Å². The Kier molecular flexibility index (Phi) is 6.93. The van der Waals surface area contributed by atoms with Crippen LogP contribution in [0.5, 0.6) is 0 Å². The van der Waals surface area contributed by atoms with Gasteiger partial charge in [0.15, 0.2) is 0 Å². The van der Waals surface area contributed by atoms with E-state index in [-0.39, 0.29) is 12.1 Å². The molecule has 0 aromatic carbocycles. The molecule has 0 bridgehead atoms. The van der Waals surface area contributed by atoms with E-state index in [9.17, 15) is 0 Å². The number of aliphatic hydroxyl groups excluding tert-OH is 1. The third-order valence-corrected chi connectivity index (χ3v) is 5.30. The molecule has 0 aliphatic carbocycles. The Balaban J connectivity index is 1.56. The van der Waals surface area contributed by atoms with E-state index >= 15 is 0 Å². The molecule has 0 spiro atoms. The first-order chi connectivity index (χ1) is 10.1. The smallest absolute Gasteiger partial charge is 0.0608 e. The van der Waals surface area contributed by atoms with E-state index in [2.05, 4.69) is 9.80 Å². The largest absolute Gasteiger partial charge is 0.394 e. The lowest BCUT2D eigenvalue weighted by Crippen LogP contribution is -2.46. The molecule has 4 heteroatoms. The van der Waals surface area contributed by atoms with Crippen molar-refractivity contribution in [3.63, 3.8) is 0 Å². The van der Waals surface area contributed by atoms with Crippen molar-refractivity contribution in [2.45, 2.75) is 69.9 Å². The summed E-state index contributed by atoms with van der Waals surface area (Å²) < 4.78 is 0. The standard InChI is InChI=1S/C17H35N3O/c1-17(18,15-21)9-3-6-10-19-13-7-16(8-14-19)20-11-4-2-5-12-20/h16,21H,2-15,18H2,1H3. The third kappa shape index (κ3) is 5.85. The molecule has 2 rings (SSSR count). The van der Waals surface area contributed by atoms with Crippen LogP contribution in [-0.4, -0.2) is 65.8 Å². The van der Waals surface area contributed by atoms with Crippen LogP contribution in [0.15, 0.2) is 0 Å². The van der Waals surface area contributed by atoms with Crippen molar-refractivity contribution in [2.24, 2.45) is 5.73 Å². The van der Waals surface area contributed by atoms with Gasteiger partial charge in [-0.3, -0.25) is 0 Å². The zero-order valence-corrected chi connectivity index (χ0v) is 13.9. The summed E-state index contributed by atoms with van der Waals surface area (Å²) in [5.74, 6) is 0. The second-order valence-electron chi connectivity index (χ2n) is 7.44. The Morgan fingerprint density at radius 3 is 2.33 bits per heavy atom. The minimum Gasteiger partial charge on any atom is -0.394 e. The highest BCUT2D eigenvalue weighted by molar-refractivity contribution is 4.82. The molecule has 21 heavy (non-hydrogen) atoms. The molecule has 124 valence electrons. The zero-order chi connectivity index (χ0) is 15.1. The summed E-state index contributed by atoms with van der Waals surface area (Å²) in [6, 6.07) is 0.850. The fourth-order valence-electron chi connectivity index (χ4n) is 3.73. The van der Waals surface area contributed by atoms with Crippen LogP contribution in [-0.2, 0) is 0 Å². The Hall–Kier alpha value is -0.160. The minimum absolute atomic E-state index is 0.0915. The maximum atomic E-state index is 9.15. The number of rotatable bonds is 7. The average molecular weight is 297 g/mol. The highest BCUT2D eigenvalue weighted by Gasteiger charge is 2.25. The molecule has 1 unspecified atom stereocenters. The van der Waals surface area contributed by atoms with Gasteiger partial charge in [0.1, 0.15) is 0 Å². The van der Waals surface area contributed by atoms with Gasteiger partial charge in [-0.15, -0.1) is 0 Å². The van der Waals surface area contributed by atoms with Gasteiger partial charge in [-0.25, -0.2) is 0 Å². The Labute approximate surface area is 130 Å². The van der Waals surface area contributed by atoms with Crippen molar-refractivity contribution in [2.75, 3.05) is 39.3 Å². The Morgan fingerprint density at radius 1 is 1.05 bits per heavy atom. The van der Waals surface area contributed by atoms with Gasteiger partial charge in [0.25, 0.3) is 0 Å². The van der Waals surface area contributed by atoms with Crippen molar-refractivity contribution in [1.82, 2.24) is 9.80 Å². The van der Waals surface area contributed by atoms with E-state index in [1.165, 1.54) is 71.2 Å². The van der Waals surface area contributed by atoms with Crippen LogP contribution in [0, 0.1) is 0 Å². The summed E-state index contributed by atoms with van der Waals surface area (Å²) >= 11 is 0. The van der Waals surface area contributed by atoms with Gasteiger partial charge < -0.3 is 20.6 Å². The van der Waals surface area contributed by atoms with Crippen molar-refractivity contribution in [3.8, 4) is 0 Å². The lowest BCUT2D eigenvalue weighted by Gasteiger charge is -2.40. The lowest BCUT2D eigenvalue weighted by molar-refractivity contribution is 0.0913. The van der Waals surface area contributed by atoms with E-state index in [4.69, 9.17) is 10.8 Å². The van der Waals surface area contributed by atoms with Gasteiger partial charge >= 0.3 is 0 Å².